The molecule has 0 saturated carbocycles. The Morgan fingerprint density at radius 3 is 2.80 bits per heavy atom. The molecule has 0 spiro atoms. The van der Waals surface area contributed by atoms with Gasteiger partial charge in [0.25, 0.3) is 0 Å². The van der Waals surface area contributed by atoms with E-state index in [1.807, 2.05) is 18.2 Å². The lowest BCUT2D eigenvalue weighted by Crippen LogP contribution is -2.35. The van der Waals surface area contributed by atoms with Crippen molar-refractivity contribution in [3.05, 3.63) is 24.0 Å². The number of nitrogen functional groups attached to an aromatic ring is 1. The molecule has 1 aromatic heterocycles. The van der Waals surface area contributed by atoms with Gasteiger partial charge in [0.15, 0.2) is 0 Å². The zero-order valence-corrected chi connectivity index (χ0v) is 12.4. The molecule has 0 atom stereocenters. The molecule has 2 aromatic rings. The average molecular weight is 272 g/mol. The first-order chi connectivity index (χ1) is 9.61. The van der Waals surface area contributed by atoms with E-state index in [1.165, 1.54) is 25.9 Å². The molecule has 4 heteroatoms. The molecule has 0 unspecified atom stereocenters. The van der Waals surface area contributed by atoms with E-state index in [0.717, 1.165) is 40.9 Å². The number of hydrogen-bond donors (Lipinski definition) is 2. The summed E-state index contributed by atoms with van der Waals surface area (Å²) in [6.07, 6.45) is 2.62. The second kappa shape index (κ2) is 5.44. The van der Waals surface area contributed by atoms with Gasteiger partial charge in [-0.05, 0) is 56.0 Å². The number of aromatic amines is 1. The molecule has 2 heterocycles. The first-order valence-electron chi connectivity index (χ1n) is 7.58. The fraction of sp³-hybridized carbons (Fsp3) is 0.562. The van der Waals surface area contributed by atoms with Gasteiger partial charge in [0, 0.05) is 5.69 Å². The maximum atomic E-state index is 5.80. The van der Waals surface area contributed by atoms with Crippen molar-refractivity contribution in [2.24, 2.45) is 11.8 Å². The average Bonchev–Trinajstić information content (AvgIpc) is 2.80. The van der Waals surface area contributed by atoms with E-state index in [-0.39, 0.29) is 0 Å². The number of aromatic nitrogens is 2. The number of imidazole rings is 1. The van der Waals surface area contributed by atoms with Crippen LogP contribution in [0.2, 0.25) is 0 Å². The minimum absolute atomic E-state index is 0.783. The number of nitrogens with one attached hydrogen (secondary N) is 1. The van der Waals surface area contributed by atoms with Crippen molar-refractivity contribution in [3.63, 3.8) is 0 Å². The van der Waals surface area contributed by atoms with Crippen LogP contribution in [-0.2, 0) is 6.54 Å². The molecule has 3 rings (SSSR count). The lowest BCUT2D eigenvalue weighted by atomic mass is 9.87. The monoisotopic (exact) mass is 272 g/mol. The Bertz CT molecular complexity index is 579. The third kappa shape index (κ3) is 2.80. The number of likely N-dealkylation sites (tertiary alicyclic amines) is 1. The molecule has 1 aliphatic rings. The SMILES string of the molecule is CC(C)C1CCN(Cc2nc3ccc(N)cc3[nH]2)CC1. The van der Waals surface area contributed by atoms with E-state index in [4.69, 9.17) is 5.73 Å². The highest BCUT2D eigenvalue weighted by atomic mass is 15.2. The van der Waals surface area contributed by atoms with Crippen LogP contribution in [0.15, 0.2) is 18.2 Å². The van der Waals surface area contributed by atoms with Gasteiger partial charge in [0.05, 0.1) is 17.6 Å². The summed E-state index contributed by atoms with van der Waals surface area (Å²) in [6, 6.07) is 5.84. The summed E-state index contributed by atoms with van der Waals surface area (Å²) < 4.78 is 0. The Labute approximate surface area is 120 Å². The minimum atomic E-state index is 0.783. The molecule has 0 bridgehead atoms. The van der Waals surface area contributed by atoms with E-state index in [0.29, 0.717) is 0 Å². The largest absolute Gasteiger partial charge is 0.399 e. The van der Waals surface area contributed by atoms with Crippen LogP contribution in [0.1, 0.15) is 32.5 Å². The van der Waals surface area contributed by atoms with Crippen LogP contribution in [0.25, 0.3) is 11.0 Å². The smallest absolute Gasteiger partial charge is 0.121 e. The Hall–Kier alpha value is -1.55. The highest BCUT2D eigenvalue weighted by Gasteiger charge is 2.22. The second-order valence-electron chi connectivity index (χ2n) is 6.32. The number of anilines is 1. The van der Waals surface area contributed by atoms with Gasteiger partial charge in [-0.15, -0.1) is 0 Å². The molecule has 0 aliphatic carbocycles. The van der Waals surface area contributed by atoms with Crippen molar-refractivity contribution >= 4 is 16.7 Å². The van der Waals surface area contributed by atoms with Gasteiger partial charge in [0.2, 0.25) is 0 Å². The van der Waals surface area contributed by atoms with E-state index in [1.54, 1.807) is 0 Å². The molecule has 20 heavy (non-hydrogen) atoms. The van der Waals surface area contributed by atoms with Crippen molar-refractivity contribution < 1.29 is 0 Å². The Kier molecular flexibility index (Phi) is 3.66. The number of hydrogen-bond acceptors (Lipinski definition) is 3. The number of rotatable bonds is 3. The maximum Gasteiger partial charge on any atom is 0.121 e. The predicted octanol–water partition coefficient (Wildman–Crippen LogP) is 3.01. The highest BCUT2D eigenvalue weighted by molar-refractivity contribution is 5.78. The third-order valence-corrected chi connectivity index (χ3v) is 4.50. The zero-order chi connectivity index (χ0) is 14.1. The normalized spacial score (nSPS) is 18.1. The standard InChI is InChI=1S/C16H24N4/c1-11(2)12-5-7-20(8-6-12)10-16-18-14-4-3-13(17)9-15(14)19-16/h3-4,9,11-12H,5-8,10,17H2,1-2H3,(H,18,19). The maximum absolute atomic E-state index is 5.80. The Balaban J connectivity index is 1.65. The van der Waals surface area contributed by atoms with E-state index < -0.39 is 0 Å². The molecule has 0 amide bonds. The first kappa shape index (κ1) is 13.4. The van der Waals surface area contributed by atoms with Gasteiger partial charge in [-0.1, -0.05) is 13.8 Å². The van der Waals surface area contributed by atoms with Crippen LogP contribution in [0.5, 0.6) is 0 Å². The number of nitrogens with two attached hydrogens (primary N) is 1. The summed E-state index contributed by atoms with van der Waals surface area (Å²) in [5, 5.41) is 0. The molecule has 108 valence electrons. The quantitative estimate of drug-likeness (QED) is 0.844. The van der Waals surface area contributed by atoms with Gasteiger partial charge < -0.3 is 10.7 Å². The summed E-state index contributed by atoms with van der Waals surface area (Å²) >= 11 is 0. The molecule has 3 N–H and O–H groups in total. The van der Waals surface area contributed by atoms with E-state index in [2.05, 4.69) is 28.7 Å². The number of fused-ring (bicyclic) bond motifs is 1. The van der Waals surface area contributed by atoms with Gasteiger partial charge in [-0.25, -0.2) is 4.98 Å². The predicted molar refractivity (Wildman–Crippen MR) is 83.3 cm³/mol. The number of benzene rings is 1. The Morgan fingerprint density at radius 1 is 1.35 bits per heavy atom. The van der Waals surface area contributed by atoms with Crippen molar-refractivity contribution in [3.8, 4) is 0 Å². The molecular weight excluding hydrogens is 248 g/mol. The van der Waals surface area contributed by atoms with Crippen molar-refractivity contribution in [2.45, 2.75) is 33.2 Å². The molecule has 4 nitrogen and oxygen atoms in total. The lowest BCUT2D eigenvalue weighted by molar-refractivity contribution is 0.149. The molecular formula is C16H24N4. The van der Waals surface area contributed by atoms with Gasteiger partial charge in [-0.2, -0.15) is 0 Å². The zero-order valence-electron chi connectivity index (χ0n) is 12.4. The summed E-state index contributed by atoms with van der Waals surface area (Å²) in [5.74, 6) is 2.75. The van der Waals surface area contributed by atoms with Gasteiger partial charge >= 0.3 is 0 Å². The van der Waals surface area contributed by atoms with E-state index >= 15 is 0 Å². The fourth-order valence-electron chi connectivity index (χ4n) is 3.14. The molecule has 1 saturated heterocycles. The topological polar surface area (TPSA) is 57.9 Å². The first-order valence-corrected chi connectivity index (χ1v) is 7.58. The number of piperidine rings is 1. The molecule has 1 aliphatic heterocycles. The molecule has 1 fully saturated rings. The number of nitrogens with zero attached hydrogens (tertiary/aromatic N) is 2. The summed E-state index contributed by atoms with van der Waals surface area (Å²) in [5.41, 5.74) is 8.63. The van der Waals surface area contributed by atoms with Crippen LogP contribution < -0.4 is 5.73 Å². The van der Waals surface area contributed by atoms with E-state index in [9.17, 15) is 0 Å². The van der Waals surface area contributed by atoms with Crippen molar-refractivity contribution in [1.29, 1.82) is 0 Å². The summed E-state index contributed by atoms with van der Waals surface area (Å²) in [7, 11) is 0. The summed E-state index contributed by atoms with van der Waals surface area (Å²) in [6.45, 7) is 7.96. The van der Waals surface area contributed by atoms with Crippen molar-refractivity contribution in [2.75, 3.05) is 18.8 Å². The van der Waals surface area contributed by atoms with Gasteiger partial charge in [0.1, 0.15) is 5.82 Å². The Morgan fingerprint density at radius 2 is 2.10 bits per heavy atom. The van der Waals surface area contributed by atoms with Gasteiger partial charge in [-0.3, -0.25) is 4.90 Å². The number of H-pyrrole nitrogens is 1. The molecule has 1 aromatic carbocycles. The highest BCUT2D eigenvalue weighted by Crippen LogP contribution is 2.25. The van der Waals surface area contributed by atoms with Crippen LogP contribution in [-0.4, -0.2) is 28.0 Å². The third-order valence-electron chi connectivity index (χ3n) is 4.50. The summed E-state index contributed by atoms with van der Waals surface area (Å²) in [4.78, 5) is 10.5. The fourth-order valence-corrected chi connectivity index (χ4v) is 3.14. The second-order valence-corrected chi connectivity index (χ2v) is 6.32. The minimum Gasteiger partial charge on any atom is -0.399 e. The molecule has 0 radical (unpaired) electrons. The van der Waals surface area contributed by atoms with Crippen LogP contribution >= 0.6 is 0 Å². The van der Waals surface area contributed by atoms with Crippen LogP contribution in [0, 0.1) is 11.8 Å². The lowest BCUT2D eigenvalue weighted by Gasteiger charge is -2.33. The van der Waals surface area contributed by atoms with Crippen molar-refractivity contribution in [1.82, 2.24) is 14.9 Å². The van der Waals surface area contributed by atoms with Crippen LogP contribution in [0.3, 0.4) is 0 Å². The van der Waals surface area contributed by atoms with Crippen LogP contribution in [0.4, 0.5) is 5.69 Å².